The molecule has 10 heteroatoms. The Hall–Kier alpha value is -4.47. The van der Waals surface area contributed by atoms with E-state index in [1.807, 2.05) is 12.1 Å². The molecule has 4 N–H and O–H groups in total. The number of nitrogens with one attached hydrogen (secondary N) is 2. The number of hydrogen-bond acceptors (Lipinski definition) is 5. The van der Waals surface area contributed by atoms with Crippen molar-refractivity contribution in [3.05, 3.63) is 113 Å². The van der Waals surface area contributed by atoms with Gasteiger partial charge in [-0.3, -0.25) is 19.9 Å². The maximum absolute atomic E-state index is 13.4. The summed E-state index contributed by atoms with van der Waals surface area (Å²) in [5.74, 6) is -0.239. The number of amides is 1. The van der Waals surface area contributed by atoms with E-state index in [0.717, 1.165) is 5.56 Å². The monoisotopic (exact) mass is 557 g/mol. The Kier molecular flexibility index (Phi) is 6.94. The van der Waals surface area contributed by atoms with Gasteiger partial charge in [-0.05, 0) is 35.2 Å². The highest BCUT2D eigenvalue weighted by atomic mass is 35.5. The van der Waals surface area contributed by atoms with Gasteiger partial charge in [0.1, 0.15) is 10.7 Å². The number of amidine groups is 1. The molecule has 0 saturated heterocycles. The van der Waals surface area contributed by atoms with Gasteiger partial charge in [-0.15, -0.1) is 0 Å². The zero-order valence-electron chi connectivity index (χ0n) is 20.9. The fourth-order valence-corrected chi connectivity index (χ4v) is 6.00. The van der Waals surface area contributed by atoms with Crippen LogP contribution < -0.4 is 10.5 Å². The number of rotatable bonds is 7. The molecular formula is C29H24ClN5O3S. The van der Waals surface area contributed by atoms with Crippen LogP contribution in [0, 0.1) is 5.41 Å². The van der Waals surface area contributed by atoms with Crippen molar-refractivity contribution >= 4 is 60.7 Å². The van der Waals surface area contributed by atoms with Gasteiger partial charge in [0, 0.05) is 41.7 Å². The van der Waals surface area contributed by atoms with E-state index in [-0.39, 0.29) is 27.3 Å². The van der Waals surface area contributed by atoms with Crippen LogP contribution in [0.4, 0.5) is 5.69 Å². The molecule has 5 aromatic rings. The minimum Gasteiger partial charge on any atom is -0.384 e. The Labute approximate surface area is 230 Å². The van der Waals surface area contributed by atoms with Gasteiger partial charge in [0.05, 0.1) is 16.2 Å². The highest BCUT2D eigenvalue weighted by Crippen LogP contribution is 2.35. The number of benzene rings is 4. The number of carbonyl (C=O) groups excluding carboxylic acids is 1. The molecule has 1 heterocycles. The molecule has 0 aliphatic heterocycles. The molecule has 0 atom stereocenters. The predicted octanol–water partition coefficient (Wildman–Crippen LogP) is 5.40. The summed E-state index contributed by atoms with van der Waals surface area (Å²) in [4.78, 5) is 19.2. The first-order chi connectivity index (χ1) is 18.7. The second-order valence-electron chi connectivity index (χ2n) is 9.04. The SMILES string of the molecule is CN(Cc1ccc(C(=N)N)cc1)C(=O)c1cccc2c(Cl)c(NS(=O)(=O)c3cccc4cccnc34)ccc12. The lowest BCUT2D eigenvalue weighted by molar-refractivity contribution is 0.0787. The number of carbonyl (C=O) groups is 1. The molecule has 0 radical (unpaired) electrons. The standard InChI is InChI=1S/C29H24ClN5O3S/c1-35(17-18-10-12-20(13-11-18)28(31)32)29(36)23-8-3-7-22-21(23)14-15-24(26(22)30)34-39(37,38)25-9-2-5-19-6-4-16-33-27(19)25/h2-16,34H,17H2,1H3,(H3,31,32). The number of anilines is 1. The zero-order chi connectivity index (χ0) is 27.7. The van der Waals surface area contributed by atoms with Crippen molar-refractivity contribution in [2.75, 3.05) is 11.8 Å². The Morgan fingerprint density at radius 2 is 1.69 bits per heavy atom. The average Bonchev–Trinajstić information content (AvgIpc) is 2.93. The van der Waals surface area contributed by atoms with Gasteiger partial charge >= 0.3 is 0 Å². The average molecular weight is 558 g/mol. The number of aromatic nitrogens is 1. The maximum atomic E-state index is 13.4. The topological polar surface area (TPSA) is 129 Å². The van der Waals surface area contributed by atoms with Crippen molar-refractivity contribution < 1.29 is 13.2 Å². The van der Waals surface area contributed by atoms with E-state index in [0.29, 0.717) is 39.3 Å². The van der Waals surface area contributed by atoms with Crippen molar-refractivity contribution in [2.24, 2.45) is 5.73 Å². The molecule has 8 nitrogen and oxygen atoms in total. The van der Waals surface area contributed by atoms with Crippen molar-refractivity contribution in [3.8, 4) is 0 Å². The largest absolute Gasteiger partial charge is 0.384 e. The number of fused-ring (bicyclic) bond motifs is 2. The Morgan fingerprint density at radius 1 is 0.974 bits per heavy atom. The summed E-state index contributed by atoms with van der Waals surface area (Å²) >= 11 is 6.68. The predicted molar refractivity (Wildman–Crippen MR) is 155 cm³/mol. The molecule has 0 aliphatic carbocycles. The van der Waals surface area contributed by atoms with Gasteiger partial charge in [-0.2, -0.15) is 0 Å². The molecule has 0 bridgehead atoms. The molecule has 0 unspecified atom stereocenters. The summed E-state index contributed by atoms with van der Waals surface area (Å²) in [6.07, 6.45) is 1.54. The van der Waals surface area contributed by atoms with Gasteiger partial charge < -0.3 is 10.6 Å². The third kappa shape index (κ3) is 5.14. The van der Waals surface area contributed by atoms with Crippen LogP contribution in [0.2, 0.25) is 5.02 Å². The van der Waals surface area contributed by atoms with E-state index in [1.165, 1.54) is 6.07 Å². The molecule has 39 heavy (non-hydrogen) atoms. The van der Waals surface area contributed by atoms with Crippen LogP contribution in [0.3, 0.4) is 0 Å². The Balaban J connectivity index is 1.44. The molecule has 5 rings (SSSR count). The zero-order valence-corrected chi connectivity index (χ0v) is 22.4. The van der Waals surface area contributed by atoms with Crippen LogP contribution in [-0.4, -0.2) is 37.1 Å². The molecule has 0 saturated carbocycles. The summed E-state index contributed by atoms with van der Waals surface area (Å²) < 4.78 is 29.2. The molecule has 196 valence electrons. The molecule has 0 aliphatic rings. The Morgan fingerprint density at radius 3 is 2.44 bits per heavy atom. The highest BCUT2D eigenvalue weighted by Gasteiger charge is 2.22. The summed E-state index contributed by atoms with van der Waals surface area (Å²) in [6.45, 7) is 0.345. The number of para-hydroxylation sites is 1. The van der Waals surface area contributed by atoms with Crippen LogP contribution in [0.1, 0.15) is 21.5 Å². The van der Waals surface area contributed by atoms with Crippen LogP contribution in [0.15, 0.2) is 96.0 Å². The second kappa shape index (κ2) is 10.4. The smallest absolute Gasteiger partial charge is 0.264 e. The number of nitrogens with two attached hydrogens (primary N) is 1. The van der Waals surface area contributed by atoms with E-state index in [2.05, 4.69) is 9.71 Å². The normalized spacial score (nSPS) is 11.4. The minimum atomic E-state index is -4.01. The Bertz CT molecular complexity index is 1850. The number of pyridine rings is 1. The molecule has 4 aromatic carbocycles. The summed E-state index contributed by atoms with van der Waals surface area (Å²) in [5, 5.41) is 9.54. The van der Waals surface area contributed by atoms with Crippen LogP contribution in [0.5, 0.6) is 0 Å². The number of sulfonamides is 1. The van der Waals surface area contributed by atoms with Crippen molar-refractivity contribution in [1.29, 1.82) is 5.41 Å². The maximum Gasteiger partial charge on any atom is 0.264 e. The first-order valence-electron chi connectivity index (χ1n) is 11.9. The second-order valence-corrected chi connectivity index (χ2v) is 11.1. The first kappa shape index (κ1) is 26.1. The number of nitrogens with zero attached hydrogens (tertiary/aromatic N) is 2. The van der Waals surface area contributed by atoms with E-state index >= 15 is 0 Å². The molecule has 1 amide bonds. The van der Waals surface area contributed by atoms with Gasteiger partial charge in [-0.25, -0.2) is 8.42 Å². The minimum absolute atomic E-state index is 0.0194. The lowest BCUT2D eigenvalue weighted by atomic mass is 10.0. The number of halogens is 1. The lowest BCUT2D eigenvalue weighted by Crippen LogP contribution is -2.26. The third-order valence-corrected chi connectivity index (χ3v) is 8.19. The van der Waals surface area contributed by atoms with E-state index < -0.39 is 10.0 Å². The van der Waals surface area contributed by atoms with Crippen molar-refractivity contribution in [3.63, 3.8) is 0 Å². The summed E-state index contributed by atoms with van der Waals surface area (Å²) in [5.41, 5.74) is 8.00. The van der Waals surface area contributed by atoms with E-state index in [4.69, 9.17) is 22.7 Å². The molecule has 0 spiro atoms. The van der Waals surface area contributed by atoms with Crippen LogP contribution in [0.25, 0.3) is 21.7 Å². The van der Waals surface area contributed by atoms with Gasteiger partial charge in [0.25, 0.3) is 15.9 Å². The quantitative estimate of drug-likeness (QED) is 0.182. The van der Waals surface area contributed by atoms with Crippen molar-refractivity contribution in [1.82, 2.24) is 9.88 Å². The van der Waals surface area contributed by atoms with E-state index in [9.17, 15) is 13.2 Å². The fourth-order valence-electron chi connectivity index (χ4n) is 4.42. The van der Waals surface area contributed by atoms with Crippen LogP contribution in [-0.2, 0) is 16.6 Å². The third-order valence-electron chi connectivity index (χ3n) is 6.39. The number of nitrogen functional groups attached to an aromatic ring is 1. The number of hydrogen-bond donors (Lipinski definition) is 3. The molecule has 0 fully saturated rings. The highest BCUT2D eigenvalue weighted by molar-refractivity contribution is 7.93. The molecular weight excluding hydrogens is 534 g/mol. The van der Waals surface area contributed by atoms with Gasteiger partial charge in [0.2, 0.25) is 0 Å². The fraction of sp³-hybridized carbons (Fsp3) is 0.0690. The lowest BCUT2D eigenvalue weighted by Gasteiger charge is -2.19. The van der Waals surface area contributed by atoms with Gasteiger partial charge in [-0.1, -0.05) is 72.3 Å². The summed E-state index contributed by atoms with van der Waals surface area (Å²) in [7, 11) is -2.31. The molecule has 1 aromatic heterocycles. The van der Waals surface area contributed by atoms with Gasteiger partial charge in [0.15, 0.2) is 0 Å². The van der Waals surface area contributed by atoms with Crippen LogP contribution >= 0.6 is 11.6 Å². The van der Waals surface area contributed by atoms with Crippen molar-refractivity contribution in [2.45, 2.75) is 11.4 Å². The summed E-state index contributed by atoms with van der Waals surface area (Å²) in [6, 6.07) is 24.0. The van der Waals surface area contributed by atoms with E-state index in [1.54, 1.807) is 84.9 Å². The first-order valence-corrected chi connectivity index (χ1v) is 13.8.